The molecule has 0 spiro atoms. The van der Waals surface area contributed by atoms with Crippen molar-refractivity contribution in [3.05, 3.63) is 58.4 Å². The van der Waals surface area contributed by atoms with Crippen molar-refractivity contribution >= 4 is 34.0 Å². The summed E-state index contributed by atoms with van der Waals surface area (Å²) in [7, 11) is 1.64. The summed E-state index contributed by atoms with van der Waals surface area (Å²) in [4.78, 5) is 28.8. The van der Waals surface area contributed by atoms with Crippen LogP contribution in [0.5, 0.6) is 0 Å². The maximum atomic E-state index is 14.4. The first-order chi connectivity index (χ1) is 14.5. The molecule has 7 nitrogen and oxygen atoms in total. The largest absolute Gasteiger partial charge is 0.355 e. The molecule has 0 saturated carbocycles. The quantitative estimate of drug-likeness (QED) is 0.554. The maximum absolute atomic E-state index is 14.4. The van der Waals surface area contributed by atoms with Gasteiger partial charge in [0.05, 0.1) is 22.9 Å². The van der Waals surface area contributed by atoms with Crippen molar-refractivity contribution in [1.82, 2.24) is 14.9 Å². The fourth-order valence-corrected chi connectivity index (χ4v) is 3.07. The summed E-state index contributed by atoms with van der Waals surface area (Å²) in [5.74, 6) is -0.523. The number of amides is 2. The molecule has 8 heteroatoms. The van der Waals surface area contributed by atoms with Crippen LogP contribution in [0.4, 0.5) is 26.2 Å². The number of aromatic nitrogens is 2. The Kier molecular flexibility index (Phi) is 6.29. The van der Waals surface area contributed by atoms with Crippen molar-refractivity contribution in [3.63, 3.8) is 0 Å². The Labute approximate surface area is 180 Å². The Morgan fingerprint density at radius 2 is 1.90 bits per heavy atom. The summed E-state index contributed by atoms with van der Waals surface area (Å²) in [5, 5.41) is 9.00. The highest BCUT2D eigenvalue weighted by molar-refractivity contribution is 5.90. The number of fused-ring (bicyclic) bond motifs is 1. The van der Waals surface area contributed by atoms with Crippen molar-refractivity contribution in [2.75, 3.05) is 17.2 Å². The molecule has 0 saturated heterocycles. The molecular weight excluding hydrogens is 397 g/mol. The molecule has 3 rings (SSSR count). The minimum absolute atomic E-state index is 0.0692. The average molecular weight is 426 g/mol. The summed E-state index contributed by atoms with van der Waals surface area (Å²) in [6.45, 7) is 8.52. The van der Waals surface area contributed by atoms with E-state index in [0.717, 1.165) is 6.42 Å². The number of aryl methyl sites for hydroxylation is 2. The zero-order valence-corrected chi connectivity index (χ0v) is 18.5. The zero-order valence-electron chi connectivity index (χ0n) is 18.5. The molecule has 3 aromatic rings. The van der Waals surface area contributed by atoms with Gasteiger partial charge in [0.25, 0.3) is 5.56 Å². The highest BCUT2D eigenvalue weighted by Gasteiger charge is 2.13. The van der Waals surface area contributed by atoms with E-state index in [0.29, 0.717) is 34.4 Å². The van der Waals surface area contributed by atoms with Gasteiger partial charge in [-0.1, -0.05) is 20.8 Å². The van der Waals surface area contributed by atoms with E-state index in [4.69, 9.17) is 0 Å². The van der Waals surface area contributed by atoms with E-state index in [1.54, 1.807) is 38.2 Å². The number of urea groups is 1. The number of carbonyl (C=O) groups is 1. The van der Waals surface area contributed by atoms with E-state index in [1.165, 1.54) is 17.0 Å². The minimum Gasteiger partial charge on any atom is -0.355 e. The van der Waals surface area contributed by atoms with Gasteiger partial charge in [-0.15, -0.1) is 0 Å². The lowest BCUT2D eigenvalue weighted by atomic mass is 9.92. The third-order valence-electron chi connectivity index (χ3n) is 4.92. The molecule has 2 amide bonds. The first-order valence-corrected chi connectivity index (χ1v) is 10.1. The Balaban J connectivity index is 1.79. The lowest BCUT2D eigenvalue weighted by Crippen LogP contribution is -2.31. The third-order valence-corrected chi connectivity index (χ3v) is 4.92. The number of hydrogen-bond donors (Lipinski definition) is 3. The van der Waals surface area contributed by atoms with Crippen molar-refractivity contribution in [2.24, 2.45) is 12.5 Å². The first kappa shape index (κ1) is 22.3. The molecule has 0 unspecified atom stereocenters. The Hall–Kier alpha value is -3.42. The number of hydrogen-bond acceptors (Lipinski definition) is 4. The number of nitrogens with one attached hydrogen (secondary N) is 3. The molecule has 31 heavy (non-hydrogen) atoms. The second kappa shape index (κ2) is 8.75. The van der Waals surface area contributed by atoms with Crippen LogP contribution in [0.2, 0.25) is 0 Å². The predicted octanol–water partition coefficient (Wildman–Crippen LogP) is 4.68. The van der Waals surface area contributed by atoms with Crippen LogP contribution in [-0.4, -0.2) is 22.1 Å². The second-order valence-corrected chi connectivity index (χ2v) is 8.86. The highest BCUT2D eigenvalue weighted by Crippen LogP contribution is 2.28. The average Bonchev–Trinajstić information content (AvgIpc) is 2.68. The molecule has 0 bridgehead atoms. The summed E-state index contributed by atoms with van der Waals surface area (Å²) < 4.78 is 15.8. The predicted molar refractivity (Wildman–Crippen MR) is 122 cm³/mol. The molecule has 0 aliphatic heterocycles. The van der Waals surface area contributed by atoms with Crippen LogP contribution < -0.4 is 21.5 Å². The van der Waals surface area contributed by atoms with Gasteiger partial charge in [0, 0.05) is 25.0 Å². The van der Waals surface area contributed by atoms with Gasteiger partial charge in [-0.05, 0) is 54.7 Å². The van der Waals surface area contributed by atoms with E-state index in [2.05, 4.69) is 41.7 Å². The SMILES string of the molecule is Cc1cc(F)c(NC(=O)NCCC(C)(C)C)cc1Nc1ccc2ncn(C)c(=O)c2c1. The fourth-order valence-electron chi connectivity index (χ4n) is 3.07. The number of rotatable bonds is 5. The summed E-state index contributed by atoms with van der Waals surface area (Å²) in [5.41, 5.74) is 2.54. The third kappa shape index (κ3) is 5.59. The smallest absolute Gasteiger partial charge is 0.319 e. The highest BCUT2D eigenvalue weighted by atomic mass is 19.1. The molecule has 1 heterocycles. The second-order valence-electron chi connectivity index (χ2n) is 8.86. The van der Waals surface area contributed by atoms with Crippen molar-refractivity contribution in [2.45, 2.75) is 34.1 Å². The molecule has 2 aromatic carbocycles. The molecule has 0 radical (unpaired) electrons. The summed E-state index contributed by atoms with van der Waals surface area (Å²) in [6, 6.07) is 7.69. The van der Waals surface area contributed by atoms with Gasteiger partial charge in [0.2, 0.25) is 0 Å². The van der Waals surface area contributed by atoms with E-state index >= 15 is 0 Å². The number of carbonyl (C=O) groups excluding carboxylic acids is 1. The zero-order chi connectivity index (χ0) is 22.8. The topological polar surface area (TPSA) is 88.1 Å². The standard InChI is InChI=1S/C23H28FN5O2/c1-14-10-17(24)20(28-22(31)25-9-8-23(2,3)4)12-19(14)27-15-6-7-18-16(11-15)21(30)29(5)13-26-18/h6-7,10-13,27H,8-9H2,1-5H3,(H2,25,28,31). The van der Waals surface area contributed by atoms with Crippen molar-refractivity contribution in [3.8, 4) is 0 Å². The van der Waals surface area contributed by atoms with Gasteiger partial charge in [0.15, 0.2) is 0 Å². The van der Waals surface area contributed by atoms with Crippen molar-refractivity contribution < 1.29 is 9.18 Å². The maximum Gasteiger partial charge on any atom is 0.319 e. The van der Waals surface area contributed by atoms with Gasteiger partial charge in [-0.25, -0.2) is 14.2 Å². The van der Waals surface area contributed by atoms with E-state index in [1.807, 2.05) is 0 Å². The minimum atomic E-state index is -0.523. The van der Waals surface area contributed by atoms with Gasteiger partial charge in [0.1, 0.15) is 5.82 Å². The Bertz CT molecular complexity index is 1180. The van der Waals surface area contributed by atoms with Crippen molar-refractivity contribution in [1.29, 1.82) is 0 Å². The fraction of sp³-hybridized carbons (Fsp3) is 0.348. The number of halogens is 1. The molecular formula is C23H28FN5O2. The molecule has 1 aromatic heterocycles. The Morgan fingerprint density at radius 3 is 2.61 bits per heavy atom. The van der Waals surface area contributed by atoms with Crippen LogP contribution in [0.1, 0.15) is 32.8 Å². The summed E-state index contributed by atoms with van der Waals surface area (Å²) in [6.07, 6.45) is 2.28. The number of anilines is 3. The molecule has 164 valence electrons. The molecule has 0 atom stereocenters. The van der Waals surface area contributed by atoms with Crippen LogP contribution in [0.15, 0.2) is 41.5 Å². The van der Waals surface area contributed by atoms with E-state index < -0.39 is 11.8 Å². The van der Waals surface area contributed by atoms with Gasteiger partial charge in [-0.2, -0.15) is 0 Å². The monoisotopic (exact) mass is 425 g/mol. The first-order valence-electron chi connectivity index (χ1n) is 10.1. The lowest BCUT2D eigenvalue weighted by Gasteiger charge is -2.18. The Morgan fingerprint density at radius 1 is 1.16 bits per heavy atom. The van der Waals surface area contributed by atoms with Crippen LogP contribution in [0.3, 0.4) is 0 Å². The van der Waals surface area contributed by atoms with Crippen LogP contribution in [-0.2, 0) is 7.05 Å². The van der Waals surface area contributed by atoms with Crippen LogP contribution >= 0.6 is 0 Å². The van der Waals surface area contributed by atoms with Crippen LogP contribution in [0, 0.1) is 18.2 Å². The molecule has 0 aliphatic rings. The van der Waals surface area contributed by atoms with Gasteiger partial charge >= 0.3 is 6.03 Å². The lowest BCUT2D eigenvalue weighted by molar-refractivity contribution is 0.250. The molecule has 0 fully saturated rings. The number of benzene rings is 2. The van der Waals surface area contributed by atoms with Gasteiger partial charge in [-0.3, -0.25) is 4.79 Å². The summed E-state index contributed by atoms with van der Waals surface area (Å²) >= 11 is 0. The van der Waals surface area contributed by atoms with E-state index in [9.17, 15) is 14.0 Å². The molecule has 3 N–H and O–H groups in total. The molecule has 0 aliphatic carbocycles. The van der Waals surface area contributed by atoms with Gasteiger partial charge < -0.3 is 20.5 Å². The normalized spacial score (nSPS) is 11.4. The number of nitrogens with zero attached hydrogens (tertiary/aromatic N) is 2. The van der Waals surface area contributed by atoms with Crippen LogP contribution in [0.25, 0.3) is 10.9 Å². The van der Waals surface area contributed by atoms with E-state index in [-0.39, 0.29) is 16.7 Å².